The van der Waals surface area contributed by atoms with Gasteiger partial charge in [0.1, 0.15) is 5.82 Å². The predicted molar refractivity (Wildman–Crippen MR) is 78.0 cm³/mol. The van der Waals surface area contributed by atoms with E-state index in [4.69, 9.17) is 11.6 Å². The van der Waals surface area contributed by atoms with Crippen LogP contribution in [0.2, 0.25) is 5.02 Å². The highest BCUT2D eigenvalue weighted by Crippen LogP contribution is 2.26. The molecule has 1 aliphatic rings. The van der Waals surface area contributed by atoms with E-state index in [1.54, 1.807) is 12.1 Å². The van der Waals surface area contributed by atoms with Crippen LogP contribution in [0.3, 0.4) is 0 Å². The number of benzene rings is 1. The molecular weight excluding hydrogens is 263 g/mol. The molecule has 0 aromatic heterocycles. The topological polar surface area (TPSA) is 15.3 Å². The molecule has 1 heterocycles. The Morgan fingerprint density at radius 2 is 2.26 bits per heavy atom. The highest BCUT2D eigenvalue weighted by molar-refractivity contribution is 6.30. The first-order chi connectivity index (χ1) is 8.94. The van der Waals surface area contributed by atoms with Crippen molar-refractivity contribution in [1.29, 1.82) is 0 Å². The zero-order chi connectivity index (χ0) is 14.0. The van der Waals surface area contributed by atoms with Gasteiger partial charge in [0.05, 0.1) is 0 Å². The minimum Gasteiger partial charge on any atom is -0.311 e. The zero-order valence-electron chi connectivity index (χ0n) is 11.8. The third-order valence-electron chi connectivity index (χ3n) is 4.22. The van der Waals surface area contributed by atoms with Crippen LogP contribution in [-0.2, 0) is 6.54 Å². The van der Waals surface area contributed by atoms with Crippen LogP contribution >= 0.6 is 11.6 Å². The molecule has 1 fully saturated rings. The number of halogens is 2. The second-order valence-corrected chi connectivity index (χ2v) is 6.19. The summed E-state index contributed by atoms with van der Waals surface area (Å²) >= 11 is 5.97. The largest absolute Gasteiger partial charge is 0.311 e. The quantitative estimate of drug-likeness (QED) is 0.915. The van der Waals surface area contributed by atoms with Gasteiger partial charge < -0.3 is 5.32 Å². The van der Waals surface area contributed by atoms with Gasteiger partial charge in [0, 0.05) is 41.8 Å². The van der Waals surface area contributed by atoms with Crippen molar-refractivity contribution < 1.29 is 4.39 Å². The van der Waals surface area contributed by atoms with Crippen LogP contribution in [0.4, 0.5) is 4.39 Å². The molecule has 1 aromatic rings. The Morgan fingerprint density at radius 1 is 1.53 bits per heavy atom. The van der Waals surface area contributed by atoms with Crippen molar-refractivity contribution >= 4 is 11.6 Å². The maximum Gasteiger partial charge on any atom is 0.127 e. The molecule has 2 atom stereocenters. The first-order valence-electron chi connectivity index (χ1n) is 6.87. The van der Waals surface area contributed by atoms with E-state index in [0.717, 1.165) is 19.5 Å². The van der Waals surface area contributed by atoms with E-state index in [0.29, 0.717) is 23.2 Å². The van der Waals surface area contributed by atoms with Crippen molar-refractivity contribution in [3.63, 3.8) is 0 Å². The average molecular weight is 285 g/mol. The smallest absolute Gasteiger partial charge is 0.127 e. The molecule has 1 aromatic carbocycles. The minimum atomic E-state index is -0.172. The van der Waals surface area contributed by atoms with Crippen molar-refractivity contribution in [2.24, 2.45) is 0 Å². The molecule has 0 bridgehead atoms. The van der Waals surface area contributed by atoms with Gasteiger partial charge >= 0.3 is 0 Å². The molecule has 0 spiro atoms. The fourth-order valence-corrected chi connectivity index (χ4v) is 2.79. The Kier molecular flexibility index (Phi) is 4.49. The lowest BCUT2D eigenvalue weighted by Crippen LogP contribution is -2.61. The van der Waals surface area contributed by atoms with E-state index < -0.39 is 0 Å². The number of nitrogens with zero attached hydrogens (tertiary/aromatic N) is 1. The van der Waals surface area contributed by atoms with Crippen LogP contribution in [0.25, 0.3) is 0 Å². The lowest BCUT2D eigenvalue weighted by atomic mass is 9.91. The Balaban J connectivity index is 2.21. The second kappa shape index (κ2) is 5.78. The minimum absolute atomic E-state index is 0.0707. The normalized spacial score (nSPS) is 28.6. The lowest BCUT2D eigenvalue weighted by Gasteiger charge is -2.47. The monoisotopic (exact) mass is 284 g/mol. The maximum atomic E-state index is 13.9. The number of nitrogens with one attached hydrogen (secondary N) is 1. The molecule has 1 saturated heterocycles. The third kappa shape index (κ3) is 3.28. The Labute approximate surface area is 119 Å². The standard InChI is InChI=1S/C15H22ClFN2/c1-4-15(3)10-18-11(2)8-19(15)9-12-7-13(16)5-6-14(12)17/h5-7,11,18H,4,8-10H2,1-3H3. The molecule has 106 valence electrons. The highest BCUT2D eigenvalue weighted by Gasteiger charge is 2.35. The van der Waals surface area contributed by atoms with Crippen molar-refractivity contribution in [1.82, 2.24) is 10.2 Å². The highest BCUT2D eigenvalue weighted by atomic mass is 35.5. The molecule has 19 heavy (non-hydrogen) atoms. The van der Waals surface area contributed by atoms with Crippen molar-refractivity contribution in [2.75, 3.05) is 13.1 Å². The molecule has 2 unspecified atom stereocenters. The molecule has 0 radical (unpaired) electrons. The number of hydrogen-bond donors (Lipinski definition) is 1. The number of piperazine rings is 1. The summed E-state index contributed by atoms with van der Waals surface area (Å²) in [4.78, 5) is 2.36. The summed E-state index contributed by atoms with van der Waals surface area (Å²) in [7, 11) is 0. The Morgan fingerprint density at radius 3 is 2.95 bits per heavy atom. The van der Waals surface area contributed by atoms with E-state index in [9.17, 15) is 4.39 Å². The number of rotatable bonds is 3. The van der Waals surface area contributed by atoms with Gasteiger partial charge in [-0.3, -0.25) is 4.90 Å². The summed E-state index contributed by atoms with van der Waals surface area (Å²) in [5.41, 5.74) is 0.752. The van der Waals surface area contributed by atoms with E-state index in [1.165, 1.54) is 6.07 Å². The maximum absolute atomic E-state index is 13.9. The second-order valence-electron chi connectivity index (χ2n) is 5.75. The predicted octanol–water partition coefficient (Wildman–Crippen LogP) is 3.44. The SMILES string of the molecule is CCC1(C)CNC(C)CN1Cc1cc(Cl)ccc1F. The van der Waals surface area contributed by atoms with E-state index in [-0.39, 0.29) is 11.4 Å². The van der Waals surface area contributed by atoms with Crippen molar-refractivity contribution in [3.8, 4) is 0 Å². The van der Waals surface area contributed by atoms with Crippen molar-refractivity contribution in [3.05, 3.63) is 34.6 Å². The van der Waals surface area contributed by atoms with Crippen molar-refractivity contribution in [2.45, 2.75) is 45.3 Å². The van der Waals surface area contributed by atoms with E-state index >= 15 is 0 Å². The molecule has 1 aliphatic heterocycles. The summed E-state index contributed by atoms with van der Waals surface area (Å²) in [6, 6.07) is 5.22. The van der Waals surface area contributed by atoms with Crippen LogP contribution < -0.4 is 5.32 Å². The average Bonchev–Trinajstić information content (AvgIpc) is 2.38. The van der Waals surface area contributed by atoms with Gasteiger partial charge in [0.15, 0.2) is 0 Å². The fourth-order valence-electron chi connectivity index (χ4n) is 2.60. The number of hydrogen-bond acceptors (Lipinski definition) is 2. The summed E-state index contributed by atoms with van der Waals surface area (Å²) in [6.45, 7) is 9.05. The van der Waals surface area contributed by atoms with Gasteiger partial charge in [0.25, 0.3) is 0 Å². The first kappa shape index (κ1) is 14.8. The van der Waals surface area contributed by atoms with Crippen LogP contribution in [-0.4, -0.2) is 29.6 Å². The molecule has 2 rings (SSSR count). The van der Waals surface area contributed by atoms with Gasteiger partial charge in [-0.25, -0.2) is 4.39 Å². The van der Waals surface area contributed by atoms with E-state index in [1.807, 2.05) is 0 Å². The lowest BCUT2D eigenvalue weighted by molar-refractivity contribution is 0.0444. The van der Waals surface area contributed by atoms with Gasteiger partial charge in [-0.15, -0.1) is 0 Å². The summed E-state index contributed by atoms with van der Waals surface area (Å²) in [5, 5.41) is 4.10. The Bertz CT molecular complexity index is 452. The van der Waals surface area contributed by atoms with E-state index in [2.05, 4.69) is 31.0 Å². The van der Waals surface area contributed by atoms with Crippen LogP contribution in [0.15, 0.2) is 18.2 Å². The molecule has 0 amide bonds. The third-order valence-corrected chi connectivity index (χ3v) is 4.45. The Hall–Kier alpha value is -0.640. The summed E-state index contributed by atoms with van der Waals surface area (Å²) in [6.07, 6.45) is 1.04. The zero-order valence-corrected chi connectivity index (χ0v) is 12.6. The molecule has 4 heteroatoms. The van der Waals surface area contributed by atoms with Gasteiger partial charge in [-0.2, -0.15) is 0 Å². The first-order valence-corrected chi connectivity index (χ1v) is 7.25. The van der Waals surface area contributed by atoms with Crippen LogP contribution in [0, 0.1) is 5.82 Å². The van der Waals surface area contributed by atoms with Crippen LogP contribution in [0.5, 0.6) is 0 Å². The molecule has 1 N–H and O–H groups in total. The molecule has 0 aliphatic carbocycles. The summed E-state index contributed by atoms with van der Waals surface area (Å²) < 4.78 is 13.9. The van der Waals surface area contributed by atoms with Gasteiger partial charge in [-0.05, 0) is 38.5 Å². The van der Waals surface area contributed by atoms with Gasteiger partial charge in [0.2, 0.25) is 0 Å². The summed E-state index contributed by atoms with van der Waals surface area (Å²) in [5.74, 6) is -0.172. The fraction of sp³-hybridized carbons (Fsp3) is 0.600. The van der Waals surface area contributed by atoms with Gasteiger partial charge in [-0.1, -0.05) is 18.5 Å². The van der Waals surface area contributed by atoms with Crippen LogP contribution in [0.1, 0.15) is 32.8 Å². The molecular formula is C15H22ClFN2. The molecule has 0 saturated carbocycles. The molecule has 2 nitrogen and oxygen atoms in total.